The van der Waals surface area contributed by atoms with Crippen molar-refractivity contribution in [1.29, 1.82) is 0 Å². The number of benzene rings is 1. The van der Waals surface area contributed by atoms with Gasteiger partial charge >= 0.3 is 0 Å². The molecule has 0 bridgehead atoms. The lowest BCUT2D eigenvalue weighted by atomic mass is 9.93. The van der Waals surface area contributed by atoms with Crippen LogP contribution in [0.5, 0.6) is 0 Å². The maximum Gasteiger partial charge on any atom is 0.109 e. The van der Waals surface area contributed by atoms with Crippen molar-refractivity contribution in [2.75, 3.05) is 0 Å². The average Bonchev–Trinajstić information content (AvgIpc) is 2.80. The average molecular weight is 238 g/mol. The monoisotopic (exact) mass is 238 g/mol. The van der Waals surface area contributed by atoms with E-state index in [2.05, 4.69) is 45.9 Å². The van der Waals surface area contributed by atoms with E-state index in [4.69, 9.17) is 4.42 Å². The minimum absolute atomic E-state index is 1.02. The molecule has 0 fully saturated rings. The Balaban J connectivity index is 2.75. The SMILES string of the molecule is Cc1oc(C)c2c(C)c(C)c3cccc3c2c1C. The first-order chi connectivity index (χ1) is 8.52. The third kappa shape index (κ3) is 1.28. The van der Waals surface area contributed by atoms with Crippen molar-refractivity contribution < 1.29 is 4.42 Å². The number of aryl methyl sites for hydroxylation is 5. The maximum atomic E-state index is 5.88. The van der Waals surface area contributed by atoms with Crippen molar-refractivity contribution in [1.82, 2.24) is 0 Å². The van der Waals surface area contributed by atoms with Gasteiger partial charge < -0.3 is 4.42 Å². The summed E-state index contributed by atoms with van der Waals surface area (Å²) in [5, 5.41) is 5.37. The maximum absolute atomic E-state index is 5.88. The fourth-order valence-corrected chi connectivity index (χ4v) is 3.04. The highest BCUT2D eigenvalue weighted by Gasteiger charge is 2.15. The highest BCUT2D eigenvalue weighted by Crippen LogP contribution is 2.37. The van der Waals surface area contributed by atoms with Crippen molar-refractivity contribution >= 4 is 21.5 Å². The van der Waals surface area contributed by atoms with Gasteiger partial charge in [0.05, 0.1) is 0 Å². The Morgan fingerprint density at radius 3 is 2.06 bits per heavy atom. The number of hydrogen-bond acceptors (Lipinski definition) is 1. The molecule has 2 aromatic carbocycles. The van der Waals surface area contributed by atoms with Crippen LogP contribution in [0.25, 0.3) is 21.5 Å². The summed E-state index contributed by atoms with van der Waals surface area (Å²) in [7, 11) is 0. The lowest BCUT2D eigenvalue weighted by molar-refractivity contribution is 0.489. The largest absolute Gasteiger partial charge is 0.466 e. The Labute approximate surface area is 107 Å². The van der Waals surface area contributed by atoms with Crippen LogP contribution in [-0.4, -0.2) is 0 Å². The van der Waals surface area contributed by atoms with E-state index >= 15 is 0 Å². The molecule has 1 nitrogen and oxygen atoms in total. The van der Waals surface area contributed by atoms with Gasteiger partial charge in [-0.3, -0.25) is 0 Å². The molecule has 0 amide bonds. The van der Waals surface area contributed by atoms with Crippen LogP contribution in [0.3, 0.4) is 0 Å². The summed E-state index contributed by atoms with van der Waals surface area (Å²) >= 11 is 0. The number of fused-ring (bicyclic) bond motifs is 3. The van der Waals surface area contributed by atoms with E-state index < -0.39 is 0 Å². The first-order valence-electron chi connectivity index (χ1n) is 6.40. The summed E-state index contributed by atoms with van der Waals surface area (Å²) in [5.74, 6) is 2.04. The summed E-state index contributed by atoms with van der Waals surface area (Å²) in [4.78, 5) is 0. The predicted octanol–water partition coefficient (Wildman–Crippen LogP) is 5.13. The fourth-order valence-electron chi connectivity index (χ4n) is 3.04. The molecule has 0 radical (unpaired) electrons. The second-order valence-corrected chi connectivity index (χ2v) is 5.19. The molecule has 0 saturated heterocycles. The second kappa shape index (κ2) is 3.61. The van der Waals surface area contributed by atoms with Crippen molar-refractivity contribution in [2.24, 2.45) is 0 Å². The molecule has 0 aliphatic heterocycles. The van der Waals surface area contributed by atoms with E-state index in [1.54, 1.807) is 0 Å². The second-order valence-electron chi connectivity index (χ2n) is 5.19. The third-order valence-corrected chi connectivity index (χ3v) is 4.24. The van der Waals surface area contributed by atoms with Crippen LogP contribution in [0, 0.1) is 34.6 Å². The molecule has 18 heavy (non-hydrogen) atoms. The van der Waals surface area contributed by atoms with E-state index in [1.807, 2.05) is 6.92 Å². The predicted molar refractivity (Wildman–Crippen MR) is 77.4 cm³/mol. The lowest BCUT2D eigenvalue weighted by Crippen LogP contribution is -1.93. The van der Waals surface area contributed by atoms with Gasteiger partial charge in [0.1, 0.15) is 11.5 Å². The Morgan fingerprint density at radius 2 is 1.33 bits per heavy atom. The normalized spacial score (nSPS) is 11.6. The van der Waals surface area contributed by atoms with Crippen molar-refractivity contribution in [3.8, 4) is 0 Å². The standard InChI is InChI=1S/C17H18O/c1-9-10(2)16-13(5)18-12(4)11(3)17(16)15-8-6-7-14(9)15/h6-8H,1-5H3. The molecule has 0 N–H and O–H groups in total. The Hall–Kier alpha value is -1.76. The smallest absolute Gasteiger partial charge is 0.109 e. The number of hydrogen-bond donors (Lipinski definition) is 0. The van der Waals surface area contributed by atoms with Gasteiger partial charge in [0, 0.05) is 5.39 Å². The van der Waals surface area contributed by atoms with Gasteiger partial charge in [0.15, 0.2) is 0 Å². The topological polar surface area (TPSA) is 13.1 Å². The van der Waals surface area contributed by atoms with Gasteiger partial charge in [-0.2, -0.15) is 0 Å². The van der Waals surface area contributed by atoms with Crippen LogP contribution in [0.15, 0.2) is 22.6 Å². The molecular formula is C17H18O. The van der Waals surface area contributed by atoms with Gasteiger partial charge in [-0.15, -0.1) is 0 Å². The molecule has 1 aromatic heterocycles. The van der Waals surface area contributed by atoms with Gasteiger partial charge in [0.25, 0.3) is 0 Å². The zero-order valence-corrected chi connectivity index (χ0v) is 11.6. The summed E-state index contributed by atoms with van der Waals surface area (Å²) in [6.07, 6.45) is 0. The number of rotatable bonds is 0. The van der Waals surface area contributed by atoms with E-state index in [1.165, 1.54) is 38.2 Å². The Bertz CT molecular complexity index is 775. The summed E-state index contributed by atoms with van der Waals surface area (Å²) in [6.45, 7) is 10.7. The van der Waals surface area contributed by atoms with Crippen LogP contribution >= 0.6 is 0 Å². The molecule has 0 unspecified atom stereocenters. The van der Waals surface area contributed by atoms with Crippen LogP contribution < -0.4 is 0 Å². The summed E-state index contributed by atoms with van der Waals surface area (Å²) in [5.41, 5.74) is 3.96. The minimum Gasteiger partial charge on any atom is -0.466 e. The van der Waals surface area contributed by atoms with E-state index in [0.717, 1.165) is 11.5 Å². The van der Waals surface area contributed by atoms with Crippen LogP contribution in [0.1, 0.15) is 28.2 Å². The van der Waals surface area contributed by atoms with Gasteiger partial charge in [-0.25, -0.2) is 0 Å². The van der Waals surface area contributed by atoms with E-state index in [0.29, 0.717) is 0 Å². The fraction of sp³-hybridized carbons (Fsp3) is 0.294. The minimum atomic E-state index is 1.02. The van der Waals surface area contributed by atoms with Gasteiger partial charge in [-0.1, -0.05) is 18.2 Å². The van der Waals surface area contributed by atoms with Gasteiger partial charge in [0.2, 0.25) is 0 Å². The lowest BCUT2D eigenvalue weighted by Gasteiger charge is -2.15. The molecule has 3 rings (SSSR count). The Kier molecular flexibility index (Phi) is 2.28. The molecule has 0 spiro atoms. The first kappa shape index (κ1) is 11.3. The highest BCUT2D eigenvalue weighted by atomic mass is 16.3. The quantitative estimate of drug-likeness (QED) is 0.529. The van der Waals surface area contributed by atoms with Crippen LogP contribution in [0.4, 0.5) is 0 Å². The summed E-state index contributed by atoms with van der Waals surface area (Å²) < 4.78 is 5.88. The van der Waals surface area contributed by atoms with Crippen molar-refractivity contribution in [3.05, 3.63) is 46.4 Å². The molecule has 1 heterocycles. The summed E-state index contributed by atoms with van der Waals surface area (Å²) in [6, 6.07) is 6.58. The van der Waals surface area contributed by atoms with Gasteiger partial charge in [-0.05, 0) is 67.5 Å². The zero-order valence-electron chi connectivity index (χ0n) is 11.6. The first-order valence-corrected chi connectivity index (χ1v) is 6.40. The highest BCUT2D eigenvalue weighted by molar-refractivity contribution is 6.13. The molecule has 92 valence electrons. The molecule has 0 aliphatic carbocycles. The van der Waals surface area contributed by atoms with Crippen molar-refractivity contribution in [3.63, 3.8) is 0 Å². The molecule has 0 saturated carbocycles. The van der Waals surface area contributed by atoms with E-state index in [9.17, 15) is 0 Å². The molecule has 0 aliphatic rings. The molecule has 3 aromatic rings. The van der Waals surface area contributed by atoms with Crippen molar-refractivity contribution in [2.45, 2.75) is 34.6 Å². The zero-order chi connectivity index (χ0) is 13.0. The van der Waals surface area contributed by atoms with E-state index in [-0.39, 0.29) is 0 Å². The molecule has 0 atom stereocenters. The molecule has 1 heteroatoms. The van der Waals surface area contributed by atoms with Crippen LogP contribution in [0.2, 0.25) is 0 Å². The third-order valence-electron chi connectivity index (χ3n) is 4.24. The Morgan fingerprint density at radius 1 is 0.667 bits per heavy atom. The van der Waals surface area contributed by atoms with Crippen LogP contribution in [-0.2, 0) is 0 Å². The molecular weight excluding hydrogens is 220 g/mol.